The van der Waals surface area contributed by atoms with Gasteiger partial charge in [0.1, 0.15) is 0 Å². The predicted molar refractivity (Wildman–Crippen MR) is 99.2 cm³/mol. The Balaban J connectivity index is 1.23. The molecule has 4 rings (SSSR count). The van der Waals surface area contributed by atoms with Crippen LogP contribution < -0.4 is 4.90 Å². The molecule has 0 unspecified atom stereocenters. The predicted octanol–water partition coefficient (Wildman–Crippen LogP) is 2.69. The fourth-order valence-corrected chi connectivity index (χ4v) is 4.67. The van der Waals surface area contributed by atoms with E-state index in [1.54, 1.807) is 0 Å². The monoisotopic (exact) mass is 361 g/mol. The summed E-state index contributed by atoms with van der Waals surface area (Å²) in [4.78, 5) is 11.1. The standard InChI is InChI=1S/C20H31N3O3/c1-8-21-19(22-9-1)23-10-6-20(7-11-23)18(5-15-26-20)4-14-25-16-17-2-12-24-13-3-17/h1,8-9,17-18H,2-7,10-16H2/t18-/m0/s1. The number of ether oxygens (including phenoxy) is 3. The van der Waals surface area contributed by atoms with Gasteiger partial charge in [-0.2, -0.15) is 0 Å². The minimum Gasteiger partial charge on any atom is -0.381 e. The van der Waals surface area contributed by atoms with Crippen LogP contribution in [0.3, 0.4) is 0 Å². The first kappa shape index (κ1) is 18.1. The SMILES string of the molecule is c1cnc(N2CCC3(CC2)OCC[C@@H]3CCOCC2CCOCC2)nc1. The number of rotatable bonds is 6. The lowest BCUT2D eigenvalue weighted by molar-refractivity contribution is -0.0494. The number of hydrogen-bond acceptors (Lipinski definition) is 6. The second-order valence-corrected chi connectivity index (χ2v) is 7.85. The van der Waals surface area contributed by atoms with Gasteiger partial charge >= 0.3 is 0 Å². The van der Waals surface area contributed by atoms with Gasteiger partial charge < -0.3 is 19.1 Å². The highest BCUT2D eigenvalue weighted by Crippen LogP contribution is 2.42. The Labute approximate surface area is 156 Å². The zero-order chi connectivity index (χ0) is 17.7. The number of aromatic nitrogens is 2. The average molecular weight is 361 g/mol. The van der Waals surface area contributed by atoms with Gasteiger partial charge in [0.05, 0.1) is 5.60 Å². The number of nitrogens with zero attached hydrogens (tertiary/aromatic N) is 3. The fraction of sp³-hybridized carbons (Fsp3) is 0.800. The van der Waals surface area contributed by atoms with E-state index >= 15 is 0 Å². The summed E-state index contributed by atoms with van der Waals surface area (Å²) < 4.78 is 17.7. The van der Waals surface area contributed by atoms with Crippen LogP contribution in [0, 0.1) is 11.8 Å². The molecule has 144 valence electrons. The quantitative estimate of drug-likeness (QED) is 0.726. The van der Waals surface area contributed by atoms with Crippen LogP contribution in [-0.2, 0) is 14.2 Å². The summed E-state index contributed by atoms with van der Waals surface area (Å²) in [5, 5.41) is 0. The Morgan fingerprint density at radius 2 is 1.85 bits per heavy atom. The molecule has 0 N–H and O–H groups in total. The summed E-state index contributed by atoms with van der Waals surface area (Å²) >= 11 is 0. The molecule has 1 aromatic rings. The van der Waals surface area contributed by atoms with Crippen LogP contribution in [-0.4, -0.2) is 61.7 Å². The highest BCUT2D eigenvalue weighted by molar-refractivity contribution is 5.30. The number of hydrogen-bond donors (Lipinski definition) is 0. The molecule has 3 aliphatic heterocycles. The zero-order valence-electron chi connectivity index (χ0n) is 15.6. The third-order valence-corrected chi connectivity index (χ3v) is 6.35. The fourth-order valence-electron chi connectivity index (χ4n) is 4.67. The summed E-state index contributed by atoms with van der Waals surface area (Å²) in [5.41, 5.74) is 0.0489. The van der Waals surface area contributed by atoms with E-state index in [1.807, 2.05) is 18.5 Å². The molecular weight excluding hydrogens is 330 g/mol. The Kier molecular flexibility index (Phi) is 6.02. The topological polar surface area (TPSA) is 56.7 Å². The Hall–Kier alpha value is -1.24. The lowest BCUT2D eigenvalue weighted by atomic mass is 9.78. The van der Waals surface area contributed by atoms with Gasteiger partial charge in [0.2, 0.25) is 5.95 Å². The van der Waals surface area contributed by atoms with Crippen molar-refractivity contribution < 1.29 is 14.2 Å². The summed E-state index contributed by atoms with van der Waals surface area (Å²) in [6.45, 7) is 6.39. The van der Waals surface area contributed by atoms with Gasteiger partial charge in [0, 0.05) is 58.5 Å². The minimum absolute atomic E-state index is 0.0489. The maximum absolute atomic E-state index is 6.29. The van der Waals surface area contributed by atoms with Crippen LogP contribution in [0.5, 0.6) is 0 Å². The van der Waals surface area contributed by atoms with Crippen molar-refractivity contribution in [2.24, 2.45) is 11.8 Å². The molecule has 26 heavy (non-hydrogen) atoms. The zero-order valence-corrected chi connectivity index (χ0v) is 15.6. The smallest absolute Gasteiger partial charge is 0.225 e. The molecule has 6 nitrogen and oxygen atoms in total. The normalized spacial score (nSPS) is 26.5. The van der Waals surface area contributed by atoms with Crippen molar-refractivity contribution in [2.75, 3.05) is 51.0 Å². The molecule has 0 saturated carbocycles. The van der Waals surface area contributed by atoms with E-state index in [9.17, 15) is 0 Å². The Morgan fingerprint density at radius 1 is 1.08 bits per heavy atom. The molecule has 3 saturated heterocycles. The van der Waals surface area contributed by atoms with Gasteiger partial charge in [-0.15, -0.1) is 0 Å². The van der Waals surface area contributed by atoms with Crippen molar-refractivity contribution in [1.29, 1.82) is 0 Å². The molecule has 1 spiro atoms. The number of piperidine rings is 1. The first-order valence-electron chi connectivity index (χ1n) is 10.2. The van der Waals surface area contributed by atoms with Crippen LogP contribution in [0.25, 0.3) is 0 Å². The minimum atomic E-state index is 0.0489. The molecule has 4 heterocycles. The first-order chi connectivity index (χ1) is 12.9. The second kappa shape index (κ2) is 8.63. The summed E-state index contributed by atoms with van der Waals surface area (Å²) in [6.07, 6.45) is 10.3. The van der Waals surface area contributed by atoms with E-state index in [0.717, 1.165) is 84.2 Å². The van der Waals surface area contributed by atoms with Crippen LogP contribution in [0.15, 0.2) is 18.5 Å². The van der Waals surface area contributed by atoms with Crippen molar-refractivity contribution >= 4 is 5.95 Å². The van der Waals surface area contributed by atoms with E-state index in [0.29, 0.717) is 11.8 Å². The largest absolute Gasteiger partial charge is 0.381 e. The first-order valence-corrected chi connectivity index (χ1v) is 10.2. The van der Waals surface area contributed by atoms with Crippen LogP contribution in [0.4, 0.5) is 5.95 Å². The van der Waals surface area contributed by atoms with Crippen molar-refractivity contribution in [3.63, 3.8) is 0 Å². The average Bonchev–Trinajstić information content (AvgIpc) is 3.09. The molecule has 0 radical (unpaired) electrons. The summed E-state index contributed by atoms with van der Waals surface area (Å²) in [7, 11) is 0. The maximum atomic E-state index is 6.29. The summed E-state index contributed by atoms with van der Waals surface area (Å²) in [6, 6.07) is 1.87. The molecule has 0 aliphatic carbocycles. The van der Waals surface area contributed by atoms with Crippen LogP contribution in [0.1, 0.15) is 38.5 Å². The molecule has 0 bridgehead atoms. The molecule has 1 atom stereocenters. The lowest BCUT2D eigenvalue weighted by Crippen LogP contribution is -2.48. The van der Waals surface area contributed by atoms with Gasteiger partial charge in [-0.1, -0.05) is 0 Å². The van der Waals surface area contributed by atoms with Gasteiger partial charge in [-0.3, -0.25) is 0 Å². The van der Waals surface area contributed by atoms with E-state index in [1.165, 1.54) is 6.42 Å². The van der Waals surface area contributed by atoms with Gasteiger partial charge in [-0.25, -0.2) is 9.97 Å². The van der Waals surface area contributed by atoms with Crippen molar-refractivity contribution in [1.82, 2.24) is 9.97 Å². The van der Waals surface area contributed by atoms with Crippen molar-refractivity contribution in [3.8, 4) is 0 Å². The lowest BCUT2D eigenvalue weighted by Gasteiger charge is -2.42. The molecule has 1 aromatic heterocycles. The van der Waals surface area contributed by atoms with Crippen molar-refractivity contribution in [3.05, 3.63) is 18.5 Å². The third kappa shape index (κ3) is 4.18. The molecular formula is C20H31N3O3. The van der Waals surface area contributed by atoms with Crippen LogP contribution in [0.2, 0.25) is 0 Å². The maximum Gasteiger partial charge on any atom is 0.225 e. The number of anilines is 1. The second-order valence-electron chi connectivity index (χ2n) is 7.85. The Morgan fingerprint density at radius 3 is 2.62 bits per heavy atom. The van der Waals surface area contributed by atoms with E-state index < -0.39 is 0 Å². The molecule has 0 aromatic carbocycles. The summed E-state index contributed by atoms with van der Waals surface area (Å²) in [5.74, 6) is 2.15. The highest BCUT2D eigenvalue weighted by atomic mass is 16.5. The van der Waals surface area contributed by atoms with Gasteiger partial charge in [-0.05, 0) is 56.4 Å². The molecule has 6 heteroatoms. The molecule has 3 aliphatic rings. The van der Waals surface area contributed by atoms with E-state index in [2.05, 4.69) is 14.9 Å². The van der Waals surface area contributed by atoms with Gasteiger partial charge in [0.25, 0.3) is 0 Å². The van der Waals surface area contributed by atoms with Crippen LogP contribution >= 0.6 is 0 Å². The van der Waals surface area contributed by atoms with Crippen molar-refractivity contribution in [2.45, 2.75) is 44.1 Å². The van der Waals surface area contributed by atoms with E-state index in [4.69, 9.17) is 14.2 Å². The van der Waals surface area contributed by atoms with E-state index in [-0.39, 0.29) is 5.60 Å². The van der Waals surface area contributed by atoms with Gasteiger partial charge in [0.15, 0.2) is 0 Å². The molecule has 0 amide bonds. The molecule has 3 fully saturated rings. The Bertz CT molecular complexity index is 542. The highest BCUT2D eigenvalue weighted by Gasteiger charge is 2.46. The third-order valence-electron chi connectivity index (χ3n) is 6.35.